The van der Waals surface area contributed by atoms with Crippen LogP contribution in [-0.4, -0.2) is 21.2 Å². The van der Waals surface area contributed by atoms with E-state index >= 15 is 0 Å². The van der Waals surface area contributed by atoms with Gasteiger partial charge in [0.25, 0.3) is 0 Å². The first kappa shape index (κ1) is 14.9. The van der Waals surface area contributed by atoms with Crippen molar-refractivity contribution in [1.82, 2.24) is 4.72 Å². The third-order valence-corrected chi connectivity index (χ3v) is 3.90. The Hall–Kier alpha value is -0.0900. The normalized spacial score (nSPS) is 13.5. The molecule has 3 nitrogen and oxygen atoms in total. The topological polar surface area (TPSA) is 46.2 Å². The Bertz CT molecular complexity index is 268. The zero-order valence-electron chi connectivity index (χ0n) is 10.6. The highest BCUT2D eigenvalue weighted by Gasteiger charge is 2.21. The van der Waals surface area contributed by atoms with E-state index < -0.39 is 10.0 Å². The second-order valence-corrected chi connectivity index (χ2v) is 7.10. The smallest absolute Gasteiger partial charge is 0.208 e. The lowest BCUT2D eigenvalue weighted by Crippen LogP contribution is -2.24. The highest BCUT2D eigenvalue weighted by molar-refractivity contribution is 7.88. The summed E-state index contributed by atoms with van der Waals surface area (Å²) in [6, 6.07) is 0. The molecule has 0 aromatic rings. The molecule has 0 aliphatic carbocycles. The summed E-state index contributed by atoms with van der Waals surface area (Å²) in [6.07, 6.45) is 4.35. The van der Waals surface area contributed by atoms with Gasteiger partial charge in [0.1, 0.15) is 0 Å². The predicted molar refractivity (Wildman–Crippen MR) is 65.3 cm³/mol. The van der Waals surface area contributed by atoms with E-state index in [-0.39, 0.29) is 0 Å². The minimum Gasteiger partial charge on any atom is -0.215 e. The van der Waals surface area contributed by atoms with Crippen molar-refractivity contribution >= 4 is 10.0 Å². The summed E-state index contributed by atoms with van der Waals surface area (Å²) in [5, 5.41) is 0. The van der Waals surface area contributed by atoms with Crippen LogP contribution in [0.4, 0.5) is 0 Å². The van der Waals surface area contributed by atoms with Gasteiger partial charge in [-0.05, 0) is 24.2 Å². The fraction of sp³-hybridized carbons (Fsp3) is 1.00. The Balaban J connectivity index is 3.64. The van der Waals surface area contributed by atoms with Crippen LogP contribution >= 0.6 is 0 Å². The molecule has 0 aliphatic rings. The Kier molecular flexibility index (Phi) is 5.81. The van der Waals surface area contributed by atoms with Crippen molar-refractivity contribution in [3.63, 3.8) is 0 Å². The van der Waals surface area contributed by atoms with Crippen molar-refractivity contribution in [3.8, 4) is 0 Å². The third kappa shape index (κ3) is 7.79. The van der Waals surface area contributed by atoms with Crippen LogP contribution in [0.1, 0.15) is 47.0 Å². The maximum absolute atomic E-state index is 10.8. The monoisotopic (exact) mass is 235 g/mol. The second-order valence-electron chi connectivity index (χ2n) is 5.27. The summed E-state index contributed by atoms with van der Waals surface area (Å²) in [5.74, 6) is 0.667. The zero-order chi connectivity index (χ0) is 12.1. The van der Waals surface area contributed by atoms with Crippen LogP contribution in [0.3, 0.4) is 0 Å². The molecule has 0 aliphatic heterocycles. The summed E-state index contributed by atoms with van der Waals surface area (Å²) in [7, 11) is -3.01. The molecular weight excluding hydrogens is 210 g/mol. The number of unbranched alkanes of at least 4 members (excludes halogenated alkanes) is 1. The third-order valence-electron chi connectivity index (χ3n) is 3.18. The average molecular weight is 235 g/mol. The zero-order valence-corrected chi connectivity index (χ0v) is 11.4. The molecular formula is C11H25NO2S. The Morgan fingerprint density at radius 2 is 1.73 bits per heavy atom. The number of hydrogen-bond acceptors (Lipinski definition) is 2. The molecule has 0 saturated carbocycles. The molecule has 4 heteroatoms. The van der Waals surface area contributed by atoms with Gasteiger partial charge in [-0.3, -0.25) is 0 Å². The molecule has 92 valence electrons. The molecule has 0 fully saturated rings. The SMILES string of the molecule is CC(C)C(C)(C)CCCCNS(C)(=O)=O. The summed E-state index contributed by atoms with van der Waals surface area (Å²) < 4.78 is 24.1. The van der Waals surface area contributed by atoms with E-state index in [1.54, 1.807) is 0 Å². The van der Waals surface area contributed by atoms with Crippen LogP contribution in [0.25, 0.3) is 0 Å². The molecule has 0 saturated heterocycles. The van der Waals surface area contributed by atoms with E-state index in [2.05, 4.69) is 32.4 Å². The van der Waals surface area contributed by atoms with E-state index in [1.165, 1.54) is 6.26 Å². The highest BCUT2D eigenvalue weighted by atomic mass is 32.2. The quantitative estimate of drug-likeness (QED) is 0.689. The highest BCUT2D eigenvalue weighted by Crippen LogP contribution is 2.31. The van der Waals surface area contributed by atoms with Gasteiger partial charge < -0.3 is 0 Å². The van der Waals surface area contributed by atoms with Crippen molar-refractivity contribution in [2.45, 2.75) is 47.0 Å². The molecule has 0 rings (SSSR count). The molecule has 0 spiro atoms. The standard InChI is InChI=1S/C11H25NO2S/c1-10(2)11(3,4)8-6-7-9-12-15(5,13)14/h10,12H,6-9H2,1-5H3. The van der Waals surface area contributed by atoms with Gasteiger partial charge in [0.05, 0.1) is 6.26 Å². The number of rotatable bonds is 7. The van der Waals surface area contributed by atoms with Gasteiger partial charge in [-0.15, -0.1) is 0 Å². The van der Waals surface area contributed by atoms with Gasteiger partial charge in [-0.1, -0.05) is 34.1 Å². The molecule has 0 aromatic heterocycles. The first-order valence-electron chi connectivity index (χ1n) is 5.60. The molecule has 0 bridgehead atoms. The Morgan fingerprint density at radius 3 is 2.13 bits per heavy atom. The van der Waals surface area contributed by atoms with E-state index in [9.17, 15) is 8.42 Å². The maximum Gasteiger partial charge on any atom is 0.208 e. The van der Waals surface area contributed by atoms with Crippen molar-refractivity contribution in [2.24, 2.45) is 11.3 Å². The van der Waals surface area contributed by atoms with Crippen molar-refractivity contribution in [1.29, 1.82) is 0 Å². The molecule has 1 N–H and O–H groups in total. The lowest BCUT2D eigenvalue weighted by molar-refractivity contribution is 0.222. The van der Waals surface area contributed by atoms with E-state index in [0.717, 1.165) is 19.3 Å². The maximum atomic E-state index is 10.8. The van der Waals surface area contributed by atoms with Gasteiger partial charge in [0.15, 0.2) is 0 Å². The van der Waals surface area contributed by atoms with Gasteiger partial charge in [-0.2, -0.15) is 0 Å². The predicted octanol–water partition coefficient (Wildman–Crippen LogP) is 2.39. The molecule has 0 amide bonds. The van der Waals surface area contributed by atoms with Crippen molar-refractivity contribution in [2.75, 3.05) is 12.8 Å². The van der Waals surface area contributed by atoms with Crippen molar-refractivity contribution in [3.05, 3.63) is 0 Å². The van der Waals surface area contributed by atoms with Crippen LogP contribution in [0.15, 0.2) is 0 Å². The van der Waals surface area contributed by atoms with Crippen LogP contribution in [0.5, 0.6) is 0 Å². The minimum atomic E-state index is -3.01. The molecule has 15 heavy (non-hydrogen) atoms. The molecule has 0 radical (unpaired) electrons. The lowest BCUT2D eigenvalue weighted by Gasteiger charge is -2.29. The average Bonchev–Trinajstić information content (AvgIpc) is 2.00. The lowest BCUT2D eigenvalue weighted by atomic mass is 9.77. The minimum absolute atomic E-state index is 0.352. The number of nitrogens with one attached hydrogen (secondary N) is 1. The largest absolute Gasteiger partial charge is 0.215 e. The van der Waals surface area contributed by atoms with Gasteiger partial charge in [-0.25, -0.2) is 13.1 Å². The number of hydrogen-bond donors (Lipinski definition) is 1. The molecule has 0 unspecified atom stereocenters. The molecule has 0 aromatic carbocycles. The van der Waals surface area contributed by atoms with Gasteiger partial charge in [0, 0.05) is 6.54 Å². The summed E-state index contributed by atoms with van der Waals surface area (Å²) >= 11 is 0. The van der Waals surface area contributed by atoms with E-state index in [0.29, 0.717) is 17.9 Å². The van der Waals surface area contributed by atoms with Crippen LogP contribution < -0.4 is 4.72 Å². The van der Waals surface area contributed by atoms with Crippen LogP contribution in [0.2, 0.25) is 0 Å². The molecule has 0 heterocycles. The van der Waals surface area contributed by atoms with E-state index in [4.69, 9.17) is 0 Å². The fourth-order valence-electron chi connectivity index (χ4n) is 1.25. The van der Waals surface area contributed by atoms with Crippen LogP contribution in [0, 0.1) is 11.3 Å². The van der Waals surface area contributed by atoms with E-state index in [1.807, 2.05) is 0 Å². The summed E-state index contributed by atoms with van der Waals surface area (Å²) in [5.41, 5.74) is 0.352. The van der Waals surface area contributed by atoms with Crippen molar-refractivity contribution < 1.29 is 8.42 Å². The molecule has 0 atom stereocenters. The first-order valence-corrected chi connectivity index (χ1v) is 7.49. The van der Waals surface area contributed by atoms with Gasteiger partial charge >= 0.3 is 0 Å². The second kappa shape index (κ2) is 5.85. The number of sulfonamides is 1. The van der Waals surface area contributed by atoms with Crippen LogP contribution in [-0.2, 0) is 10.0 Å². The van der Waals surface area contributed by atoms with Gasteiger partial charge in [0.2, 0.25) is 10.0 Å². The first-order chi connectivity index (χ1) is 6.65. The Labute approximate surface area is 94.7 Å². The fourth-order valence-corrected chi connectivity index (χ4v) is 1.77. The summed E-state index contributed by atoms with van der Waals surface area (Å²) in [4.78, 5) is 0. The Morgan fingerprint density at radius 1 is 1.20 bits per heavy atom. The summed E-state index contributed by atoms with van der Waals surface area (Å²) in [6.45, 7) is 9.56.